The van der Waals surface area contributed by atoms with E-state index in [9.17, 15) is 0 Å². The van der Waals surface area contributed by atoms with Gasteiger partial charge in [-0.15, -0.1) is 0 Å². The van der Waals surface area contributed by atoms with Gasteiger partial charge in [0.25, 0.3) is 0 Å². The molecule has 5 heteroatoms. The van der Waals surface area contributed by atoms with Gasteiger partial charge in [0.15, 0.2) is 5.16 Å². The molecule has 3 aromatic rings. The fraction of sp³-hybridized carbons (Fsp3) is 0.188. The Bertz CT molecular complexity index is 769. The van der Waals surface area contributed by atoms with Gasteiger partial charge >= 0.3 is 0 Å². The predicted octanol–water partition coefficient (Wildman–Crippen LogP) is 4.32. The maximum Gasteiger partial charge on any atom is 0.167 e. The Kier molecular flexibility index (Phi) is 4.19. The third-order valence-corrected chi connectivity index (χ3v) is 4.70. The Morgan fingerprint density at radius 3 is 2.90 bits per heavy atom. The van der Waals surface area contributed by atoms with E-state index in [0.29, 0.717) is 6.54 Å². The second kappa shape index (κ2) is 6.10. The molecule has 3 N–H and O–H groups in total. The predicted molar refractivity (Wildman–Crippen MR) is 89.9 cm³/mol. The number of halogens is 1. The summed E-state index contributed by atoms with van der Waals surface area (Å²) in [5.74, 6) is 0. The van der Waals surface area contributed by atoms with Crippen LogP contribution in [0.5, 0.6) is 0 Å². The highest BCUT2D eigenvalue weighted by molar-refractivity contribution is 7.99. The van der Waals surface area contributed by atoms with Crippen LogP contribution in [-0.4, -0.2) is 16.5 Å². The van der Waals surface area contributed by atoms with E-state index in [1.54, 1.807) is 11.8 Å². The lowest BCUT2D eigenvalue weighted by Gasteiger charge is -2.13. The molecule has 0 spiro atoms. The van der Waals surface area contributed by atoms with E-state index in [0.717, 1.165) is 26.8 Å². The van der Waals surface area contributed by atoms with Gasteiger partial charge in [-0.05, 0) is 42.3 Å². The molecule has 3 rings (SSSR count). The van der Waals surface area contributed by atoms with Crippen molar-refractivity contribution in [1.29, 1.82) is 0 Å². The molecule has 108 valence electrons. The number of nitrogens with two attached hydrogens (primary N) is 1. The van der Waals surface area contributed by atoms with E-state index in [4.69, 9.17) is 17.3 Å². The minimum Gasteiger partial charge on any atom is -0.333 e. The van der Waals surface area contributed by atoms with Crippen LogP contribution < -0.4 is 5.73 Å². The standard InChI is InChI=1S/C16H16ClN3S/c1-10-5-6-13-14(7-10)20-16(19-13)21-15(9-18)11-3-2-4-12(17)8-11/h2-8,15H,9,18H2,1H3,(H,19,20). The van der Waals surface area contributed by atoms with Crippen LogP contribution in [0.1, 0.15) is 16.4 Å². The van der Waals surface area contributed by atoms with Crippen LogP contribution in [0.2, 0.25) is 5.02 Å². The number of hydrogen-bond acceptors (Lipinski definition) is 3. The minimum absolute atomic E-state index is 0.130. The summed E-state index contributed by atoms with van der Waals surface area (Å²) in [5.41, 5.74) is 10.3. The summed E-state index contributed by atoms with van der Waals surface area (Å²) >= 11 is 7.69. The summed E-state index contributed by atoms with van der Waals surface area (Å²) in [6, 6.07) is 14.0. The van der Waals surface area contributed by atoms with Gasteiger partial charge in [-0.2, -0.15) is 0 Å². The van der Waals surface area contributed by atoms with Gasteiger partial charge < -0.3 is 10.7 Å². The molecule has 0 aliphatic rings. The van der Waals surface area contributed by atoms with Crippen molar-refractivity contribution < 1.29 is 0 Å². The summed E-state index contributed by atoms with van der Waals surface area (Å²) in [5, 5.41) is 1.74. The molecule has 1 aromatic heterocycles. The first-order chi connectivity index (χ1) is 10.2. The zero-order chi connectivity index (χ0) is 14.8. The molecular weight excluding hydrogens is 302 g/mol. The molecule has 0 amide bonds. The zero-order valence-electron chi connectivity index (χ0n) is 11.6. The number of hydrogen-bond donors (Lipinski definition) is 2. The van der Waals surface area contributed by atoms with Crippen LogP contribution in [0, 0.1) is 6.92 Å². The van der Waals surface area contributed by atoms with Gasteiger partial charge in [0.2, 0.25) is 0 Å². The number of imidazole rings is 1. The number of nitrogens with one attached hydrogen (secondary N) is 1. The lowest BCUT2D eigenvalue weighted by Crippen LogP contribution is -2.09. The van der Waals surface area contributed by atoms with Crippen molar-refractivity contribution in [3.05, 3.63) is 58.6 Å². The molecule has 0 radical (unpaired) electrons. The highest BCUT2D eigenvalue weighted by Crippen LogP contribution is 2.34. The molecule has 0 aliphatic carbocycles. The fourth-order valence-corrected chi connectivity index (χ4v) is 3.42. The average molecular weight is 318 g/mol. The topological polar surface area (TPSA) is 54.7 Å². The number of nitrogens with zero attached hydrogens (tertiary/aromatic N) is 1. The second-order valence-electron chi connectivity index (χ2n) is 4.96. The number of benzene rings is 2. The number of H-pyrrole nitrogens is 1. The molecule has 0 aliphatic heterocycles. The van der Waals surface area contributed by atoms with Crippen LogP contribution in [-0.2, 0) is 0 Å². The summed E-state index contributed by atoms with van der Waals surface area (Å²) in [7, 11) is 0. The smallest absolute Gasteiger partial charge is 0.167 e. The van der Waals surface area contributed by atoms with Crippen molar-refractivity contribution >= 4 is 34.4 Å². The SMILES string of the molecule is Cc1ccc2nc(SC(CN)c3cccc(Cl)c3)[nH]c2c1. The van der Waals surface area contributed by atoms with Crippen molar-refractivity contribution in [2.24, 2.45) is 5.73 Å². The van der Waals surface area contributed by atoms with Crippen LogP contribution in [0.25, 0.3) is 11.0 Å². The summed E-state index contributed by atoms with van der Waals surface area (Å²) in [6.07, 6.45) is 0. The van der Waals surface area contributed by atoms with Gasteiger partial charge in [-0.25, -0.2) is 4.98 Å². The summed E-state index contributed by atoms with van der Waals surface area (Å²) < 4.78 is 0. The number of fused-ring (bicyclic) bond motifs is 1. The van der Waals surface area contributed by atoms with Gasteiger partial charge in [0.1, 0.15) is 0 Å². The number of rotatable bonds is 4. The minimum atomic E-state index is 0.130. The van der Waals surface area contributed by atoms with Crippen LogP contribution in [0.4, 0.5) is 0 Å². The fourth-order valence-electron chi connectivity index (χ4n) is 2.25. The number of aryl methyl sites for hydroxylation is 1. The number of aromatic amines is 1. The largest absolute Gasteiger partial charge is 0.333 e. The van der Waals surface area contributed by atoms with Crippen molar-refractivity contribution in [3.63, 3.8) is 0 Å². The molecule has 2 aromatic carbocycles. The van der Waals surface area contributed by atoms with Crippen molar-refractivity contribution in [3.8, 4) is 0 Å². The first-order valence-corrected chi connectivity index (χ1v) is 8.00. The van der Waals surface area contributed by atoms with Crippen molar-refractivity contribution in [2.45, 2.75) is 17.3 Å². The lowest BCUT2D eigenvalue weighted by molar-refractivity contribution is 0.929. The molecule has 3 nitrogen and oxygen atoms in total. The van der Waals surface area contributed by atoms with E-state index in [1.807, 2.05) is 30.3 Å². The quantitative estimate of drug-likeness (QED) is 0.705. The highest BCUT2D eigenvalue weighted by Gasteiger charge is 2.14. The number of aromatic nitrogens is 2. The lowest BCUT2D eigenvalue weighted by atomic mass is 10.1. The maximum absolute atomic E-state index is 6.06. The molecule has 0 fully saturated rings. The monoisotopic (exact) mass is 317 g/mol. The second-order valence-corrected chi connectivity index (χ2v) is 6.59. The van der Waals surface area contributed by atoms with E-state index in [-0.39, 0.29) is 5.25 Å². The number of thioether (sulfide) groups is 1. The Morgan fingerprint density at radius 1 is 1.29 bits per heavy atom. The van der Waals surface area contributed by atoms with Crippen molar-refractivity contribution in [1.82, 2.24) is 9.97 Å². The van der Waals surface area contributed by atoms with Gasteiger partial charge in [-0.1, -0.05) is 41.6 Å². The Hall–Kier alpha value is -1.49. The van der Waals surface area contributed by atoms with E-state index in [1.165, 1.54) is 5.56 Å². The molecular formula is C16H16ClN3S. The van der Waals surface area contributed by atoms with Gasteiger partial charge in [-0.3, -0.25) is 0 Å². The molecule has 1 atom stereocenters. The van der Waals surface area contributed by atoms with Gasteiger partial charge in [0, 0.05) is 16.8 Å². The third kappa shape index (κ3) is 3.23. The van der Waals surface area contributed by atoms with E-state index < -0.39 is 0 Å². The Morgan fingerprint density at radius 2 is 2.14 bits per heavy atom. The summed E-state index contributed by atoms with van der Waals surface area (Å²) in [6.45, 7) is 2.60. The Balaban J connectivity index is 1.88. The average Bonchev–Trinajstić information content (AvgIpc) is 2.86. The maximum atomic E-state index is 6.06. The first-order valence-electron chi connectivity index (χ1n) is 6.74. The van der Waals surface area contributed by atoms with Crippen LogP contribution >= 0.6 is 23.4 Å². The molecule has 1 unspecified atom stereocenters. The van der Waals surface area contributed by atoms with Crippen LogP contribution in [0.15, 0.2) is 47.6 Å². The first kappa shape index (κ1) is 14.4. The molecule has 0 bridgehead atoms. The molecule has 0 saturated carbocycles. The molecule has 0 saturated heterocycles. The van der Waals surface area contributed by atoms with E-state index >= 15 is 0 Å². The zero-order valence-corrected chi connectivity index (χ0v) is 13.2. The van der Waals surface area contributed by atoms with E-state index in [2.05, 4.69) is 29.0 Å². The molecule has 21 heavy (non-hydrogen) atoms. The summed E-state index contributed by atoms with van der Waals surface area (Å²) in [4.78, 5) is 7.96. The Labute approximate surface area is 132 Å². The van der Waals surface area contributed by atoms with Gasteiger partial charge in [0.05, 0.1) is 11.0 Å². The van der Waals surface area contributed by atoms with Crippen LogP contribution in [0.3, 0.4) is 0 Å². The highest BCUT2D eigenvalue weighted by atomic mass is 35.5. The normalized spacial score (nSPS) is 12.7. The van der Waals surface area contributed by atoms with Crippen molar-refractivity contribution in [2.75, 3.05) is 6.54 Å². The third-order valence-electron chi connectivity index (χ3n) is 3.30. The molecule has 1 heterocycles.